The summed E-state index contributed by atoms with van der Waals surface area (Å²) in [6.07, 6.45) is -4.81. The number of hydrogen-bond acceptors (Lipinski definition) is 2. The van der Waals surface area contributed by atoms with E-state index in [-0.39, 0.29) is 12.3 Å². The maximum absolute atomic E-state index is 12.8. The Morgan fingerprint density at radius 2 is 1.79 bits per heavy atom. The monoisotopic (exact) mass is 418 g/mol. The van der Waals surface area contributed by atoms with Gasteiger partial charge in [0.05, 0.1) is 17.6 Å². The number of nitrogens with two attached hydrogens (primary N) is 1. The fourth-order valence-corrected chi connectivity index (χ4v) is 3.69. The molecule has 4 nitrogen and oxygen atoms in total. The lowest BCUT2D eigenvalue weighted by molar-refractivity contribution is -0.274. The predicted octanol–water partition coefficient (Wildman–Crippen LogP) is 5.49. The molecule has 0 aliphatic carbocycles. The van der Waals surface area contributed by atoms with Crippen molar-refractivity contribution in [3.63, 3.8) is 0 Å². The largest absolute Gasteiger partial charge is 0.573 e. The smallest absolute Gasteiger partial charge is 0.405 e. The highest BCUT2D eigenvalue weighted by molar-refractivity contribution is 6.32. The van der Waals surface area contributed by atoms with Gasteiger partial charge in [0.25, 0.3) is 0 Å². The zero-order chi connectivity index (χ0) is 20.8. The van der Waals surface area contributed by atoms with Crippen LogP contribution in [0.25, 0.3) is 21.8 Å². The molecule has 0 unspecified atom stereocenters. The third kappa shape index (κ3) is 3.61. The molecule has 4 rings (SSSR count). The molecule has 1 aromatic heterocycles. The molecule has 0 saturated heterocycles. The van der Waals surface area contributed by atoms with Gasteiger partial charge in [0.15, 0.2) is 0 Å². The van der Waals surface area contributed by atoms with Crippen LogP contribution in [0.3, 0.4) is 0 Å². The highest BCUT2D eigenvalue weighted by atomic mass is 35.5. The van der Waals surface area contributed by atoms with E-state index < -0.39 is 12.3 Å². The number of aromatic nitrogens is 1. The molecule has 0 aliphatic rings. The summed E-state index contributed by atoms with van der Waals surface area (Å²) < 4.78 is 44.4. The van der Waals surface area contributed by atoms with Crippen molar-refractivity contribution >= 4 is 39.3 Å². The number of carbonyl (C=O) groups excluding carboxylic acids is 1. The molecule has 148 valence electrons. The molecular formula is C21H14ClF3N2O2. The number of ether oxygens (including phenoxy) is 1. The van der Waals surface area contributed by atoms with Crippen LogP contribution in [0.15, 0.2) is 60.7 Å². The van der Waals surface area contributed by atoms with Crippen molar-refractivity contribution < 1.29 is 22.7 Å². The van der Waals surface area contributed by atoms with Gasteiger partial charge in [-0.05, 0) is 30.3 Å². The number of carbonyl (C=O) groups is 1. The molecule has 0 saturated carbocycles. The number of alkyl halides is 3. The van der Waals surface area contributed by atoms with Crippen LogP contribution in [0, 0.1) is 0 Å². The molecule has 0 radical (unpaired) electrons. The second-order valence-corrected chi connectivity index (χ2v) is 6.90. The molecule has 29 heavy (non-hydrogen) atoms. The number of rotatable bonds is 4. The molecule has 0 spiro atoms. The van der Waals surface area contributed by atoms with E-state index in [4.69, 9.17) is 17.3 Å². The van der Waals surface area contributed by atoms with E-state index in [1.54, 1.807) is 53.1 Å². The minimum atomic E-state index is -4.81. The zero-order valence-electron chi connectivity index (χ0n) is 14.8. The van der Waals surface area contributed by atoms with Gasteiger partial charge in [-0.1, -0.05) is 41.9 Å². The van der Waals surface area contributed by atoms with Crippen LogP contribution < -0.4 is 10.5 Å². The predicted molar refractivity (Wildman–Crippen MR) is 105 cm³/mol. The number of para-hydroxylation sites is 1. The molecule has 0 fully saturated rings. The van der Waals surface area contributed by atoms with E-state index in [0.717, 1.165) is 5.39 Å². The van der Waals surface area contributed by atoms with E-state index in [0.29, 0.717) is 32.6 Å². The van der Waals surface area contributed by atoms with Gasteiger partial charge in [-0.15, -0.1) is 13.2 Å². The number of hydrogen-bond donors (Lipinski definition) is 1. The van der Waals surface area contributed by atoms with Crippen LogP contribution in [-0.4, -0.2) is 16.8 Å². The number of benzene rings is 3. The van der Waals surface area contributed by atoms with Crippen LogP contribution in [0.4, 0.5) is 13.2 Å². The van der Waals surface area contributed by atoms with Gasteiger partial charge in [-0.25, -0.2) is 0 Å². The summed E-state index contributed by atoms with van der Waals surface area (Å²) in [7, 11) is 0. The van der Waals surface area contributed by atoms with Crippen molar-refractivity contribution in [3.8, 4) is 5.75 Å². The van der Waals surface area contributed by atoms with Crippen molar-refractivity contribution in [2.24, 2.45) is 5.73 Å². The molecule has 3 aromatic carbocycles. The highest BCUT2D eigenvalue weighted by Crippen LogP contribution is 2.35. The maximum Gasteiger partial charge on any atom is 0.573 e. The first kappa shape index (κ1) is 19.1. The molecule has 1 heterocycles. The van der Waals surface area contributed by atoms with Gasteiger partial charge in [-0.2, -0.15) is 0 Å². The van der Waals surface area contributed by atoms with Gasteiger partial charge in [-0.3, -0.25) is 4.79 Å². The number of halogens is 4. The Bertz CT molecular complexity index is 1250. The molecule has 0 atom stereocenters. The summed E-state index contributed by atoms with van der Waals surface area (Å²) in [5.74, 6) is -0.881. The molecule has 8 heteroatoms. The summed E-state index contributed by atoms with van der Waals surface area (Å²) in [6.45, 7) is 0.0782. The first-order chi connectivity index (χ1) is 13.7. The highest BCUT2D eigenvalue weighted by Gasteiger charge is 2.32. The molecule has 0 bridgehead atoms. The Hall–Kier alpha value is -3.19. The van der Waals surface area contributed by atoms with Crippen molar-refractivity contribution in [2.45, 2.75) is 12.9 Å². The first-order valence-corrected chi connectivity index (χ1v) is 8.96. The van der Waals surface area contributed by atoms with Crippen molar-refractivity contribution in [3.05, 3.63) is 76.8 Å². The fraction of sp³-hybridized carbons (Fsp3) is 0.0952. The lowest BCUT2D eigenvalue weighted by Gasteiger charge is -2.15. The van der Waals surface area contributed by atoms with E-state index in [2.05, 4.69) is 4.74 Å². The van der Waals surface area contributed by atoms with Crippen molar-refractivity contribution in [1.29, 1.82) is 0 Å². The Labute approximate surface area is 168 Å². The fourth-order valence-electron chi connectivity index (χ4n) is 3.52. The van der Waals surface area contributed by atoms with E-state index in [1.807, 2.05) is 0 Å². The first-order valence-electron chi connectivity index (χ1n) is 8.58. The van der Waals surface area contributed by atoms with Crippen LogP contribution in [0.2, 0.25) is 5.02 Å². The molecule has 4 aromatic rings. The van der Waals surface area contributed by atoms with Crippen LogP contribution in [0.5, 0.6) is 5.75 Å². The van der Waals surface area contributed by atoms with E-state index >= 15 is 0 Å². The molecule has 2 N–H and O–H groups in total. The minimum Gasteiger partial charge on any atom is -0.405 e. The number of amides is 1. The Morgan fingerprint density at radius 1 is 1.03 bits per heavy atom. The van der Waals surface area contributed by atoms with E-state index in [1.165, 1.54) is 12.1 Å². The third-order valence-electron chi connectivity index (χ3n) is 4.65. The van der Waals surface area contributed by atoms with Gasteiger partial charge in [0.1, 0.15) is 5.75 Å². The standard InChI is InChI=1S/C21H14ClF3N2O2/c22-13-8-9-14-17(10-13)27(16-6-3-5-15(19(14)16)20(26)28)11-12-4-1-2-7-18(12)29-21(23,24)25/h1-10H,11H2,(H2,26,28). The summed E-state index contributed by atoms with van der Waals surface area (Å²) in [4.78, 5) is 11.9. The average molecular weight is 419 g/mol. The zero-order valence-corrected chi connectivity index (χ0v) is 15.6. The number of primary amides is 1. The van der Waals surface area contributed by atoms with E-state index in [9.17, 15) is 18.0 Å². The Morgan fingerprint density at radius 3 is 2.52 bits per heavy atom. The molecule has 1 amide bonds. The van der Waals surface area contributed by atoms with Crippen molar-refractivity contribution in [1.82, 2.24) is 4.57 Å². The quantitative estimate of drug-likeness (QED) is 0.476. The number of nitrogens with zero attached hydrogens (tertiary/aromatic N) is 1. The Kier molecular flexibility index (Phi) is 4.62. The van der Waals surface area contributed by atoms with Gasteiger partial charge >= 0.3 is 6.36 Å². The summed E-state index contributed by atoms with van der Waals surface area (Å²) in [5, 5.41) is 1.82. The minimum absolute atomic E-state index is 0.0782. The van der Waals surface area contributed by atoms with Gasteiger partial charge in [0, 0.05) is 26.9 Å². The number of fused-ring (bicyclic) bond motifs is 3. The lowest BCUT2D eigenvalue weighted by Crippen LogP contribution is -2.18. The molecular weight excluding hydrogens is 405 g/mol. The lowest BCUT2D eigenvalue weighted by atomic mass is 10.1. The van der Waals surface area contributed by atoms with Crippen LogP contribution >= 0.6 is 11.6 Å². The topological polar surface area (TPSA) is 57.2 Å². The normalized spacial score (nSPS) is 11.9. The van der Waals surface area contributed by atoms with Gasteiger partial charge < -0.3 is 15.0 Å². The van der Waals surface area contributed by atoms with Gasteiger partial charge in [0.2, 0.25) is 5.91 Å². The molecule has 0 aliphatic heterocycles. The SMILES string of the molecule is NC(=O)c1cccc2c1c1ccc(Cl)cc1n2Cc1ccccc1OC(F)(F)F. The second kappa shape index (κ2) is 7.00. The van der Waals surface area contributed by atoms with Crippen LogP contribution in [0.1, 0.15) is 15.9 Å². The third-order valence-corrected chi connectivity index (χ3v) is 4.88. The summed E-state index contributed by atoms with van der Waals surface area (Å²) in [5.41, 5.74) is 7.51. The van der Waals surface area contributed by atoms with Crippen molar-refractivity contribution in [2.75, 3.05) is 0 Å². The Balaban J connectivity index is 1.96. The van der Waals surface area contributed by atoms with Crippen LogP contribution in [-0.2, 0) is 6.54 Å². The second-order valence-electron chi connectivity index (χ2n) is 6.47. The maximum atomic E-state index is 12.8. The summed E-state index contributed by atoms with van der Waals surface area (Å²) >= 11 is 6.16. The summed E-state index contributed by atoms with van der Waals surface area (Å²) in [6, 6.07) is 16.2. The average Bonchev–Trinajstić information content (AvgIpc) is 2.95.